The molecule has 1 amide bonds. The zero-order chi connectivity index (χ0) is 20.7. The molecule has 1 aliphatic heterocycles. The van der Waals surface area contributed by atoms with Crippen molar-refractivity contribution >= 4 is 27.1 Å². The summed E-state index contributed by atoms with van der Waals surface area (Å²) in [6, 6.07) is 7.81. The Balaban J connectivity index is 1.88. The van der Waals surface area contributed by atoms with Crippen molar-refractivity contribution in [3.8, 4) is 0 Å². The number of ether oxygens (including phenoxy) is 1. The number of carbonyl (C=O) groups excluding carboxylic acids is 1. The van der Waals surface area contributed by atoms with Crippen molar-refractivity contribution in [2.75, 3.05) is 12.8 Å². The maximum atomic E-state index is 12.8. The molecule has 2 heterocycles. The Morgan fingerprint density at radius 2 is 1.96 bits per heavy atom. The molecular weight excluding hydrogens is 380 g/mol. The Morgan fingerprint density at radius 1 is 1.29 bits per heavy atom. The first-order chi connectivity index (χ1) is 12.9. The van der Waals surface area contributed by atoms with Gasteiger partial charge in [-0.2, -0.15) is 8.42 Å². The number of aromatic nitrogens is 1. The average Bonchev–Trinajstić information content (AvgIpc) is 3.06. The van der Waals surface area contributed by atoms with Gasteiger partial charge in [0.2, 0.25) is 0 Å². The van der Waals surface area contributed by atoms with Crippen molar-refractivity contribution in [1.82, 2.24) is 9.88 Å². The number of aromatic amines is 1. The molecule has 2 aromatic rings. The normalized spacial score (nSPS) is 20.7. The van der Waals surface area contributed by atoms with E-state index in [9.17, 15) is 13.2 Å². The van der Waals surface area contributed by atoms with Crippen LogP contribution >= 0.6 is 0 Å². The van der Waals surface area contributed by atoms with Gasteiger partial charge in [0, 0.05) is 22.6 Å². The Kier molecular flexibility index (Phi) is 5.46. The van der Waals surface area contributed by atoms with Crippen molar-refractivity contribution in [2.24, 2.45) is 0 Å². The van der Waals surface area contributed by atoms with E-state index in [1.165, 1.54) is 0 Å². The molecule has 28 heavy (non-hydrogen) atoms. The maximum absolute atomic E-state index is 12.8. The van der Waals surface area contributed by atoms with E-state index in [-0.39, 0.29) is 12.6 Å². The SMILES string of the molecule is Cc1[nH]c2ccccc2c1C[C@H]1C[C@@H](OS(C)(=O)=O)CN1C(=O)OC(C)(C)C. The van der Waals surface area contributed by atoms with E-state index in [0.717, 1.165) is 28.4 Å². The predicted octanol–water partition coefficient (Wildman–Crippen LogP) is 3.37. The Bertz CT molecular complexity index is 974. The predicted molar refractivity (Wildman–Crippen MR) is 108 cm³/mol. The molecule has 0 radical (unpaired) electrons. The Morgan fingerprint density at radius 3 is 2.61 bits per heavy atom. The number of nitrogens with one attached hydrogen (secondary N) is 1. The maximum Gasteiger partial charge on any atom is 0.410 e. The van der Waals surface area contributed by atoms with Crippen LogP contribution in [0, 0.1) is 6.92 Å². The van der Waals surface area contributed by atoms with Gasteiger partial charge in [0.25, 0.3) is 10.1 Å². The highest BCUT2D eigenvalue weighted by molar-refractivity contribution is 7.86. The molecule has 7 nitrogen and oxygen atoms in total. The molecule has 2 atom stereocenters. The molecule has 1 N–H and O–H groups in total. The number of fused-ring (bicyclic) bond motifs is 1. The number of hydrogen-bond acceptors (Lipinski definition) is 5. The van der Waals surface area contributed by atoms with Crippen LogP contribution < -0.4 is 0 Å². The lowest BCUT2D eigenvalue weighted by Crippen LogP contribution is -2.41. The topological polar surface area (TPSA) is 88.7 Å². The van der Waals surface area contributed by atoms with Crippen LogP contribution in [0.25, 0.3) is 10.9 Å². The number of rotatable bonds is 4. The van der Waals surface area contributed by atoms with Crippen LogP contribution in [-0.2, 0) is 25.5 Å². The Hall–Kier alpha value is -2.06. The lowest BCUT2D eigenvalue weighted by Gasteiger charge is -2.28. The average molecular weight is 409 g/mol. The van der Waals surface area contributed by atoms with E-state index in [1.807, 2.05) is 52.0 Å². The summed E-state index contributed by atoms with van der Waals surface area (Å²) in [7, 11) is -3.61. The summed E-state index contributed by atoms with van der Waals surface area (Å²) in [6.45, 7) is 7.62. The molecule has 0 spiro atoms. The number of benzene rings is 1. The van der Waals surface area contributed by atoms with E-state index in [1.54, 1.807) is 4.90 Å². The van der Waals surface area contributed by atoms with Crippen molar-refractivity contribution in [1.29, 1.82) is 0 Å². The van der Waals surface area contributed by atoms with Gasteiger partial charge in [-0.05, 0) is 52.2 Å². The zero-order valence-corrected chi connectivity index (χ0v) is 17.8. The molecule has 8 heteroatoms. The molecule has 1 saturated heterocycles. The second kappa shape index (κ2) is 7.40. The standard InChI is InChI=1S/C20H28N2O5S/c1-13-17(16-8-6-7-9-18(16)21-13)11-14-10-15(27-28(5,24)25)12-22(14)19(23)26-20(2,3)4/h6-9,14-15,21H,10-12H2,1-5H3/t14-,15-/m1/s1. The van der Waals surface area contributed by atoms with Gasteiger partial charge in [-0.3, -0.25) is 4.18 Å². The highest BCUT2D eigenvalue weighted by Crippen LogP contribution is 2.30. The lowest BCUT2D eigenvalue weighted by atomic mass is 10.0. The number of hydrogen-bond donors (Lipinski definition) is 1. The van der Waals surface area contributed by atoms with Gasteiger partial charge in [0.1, 0.15) is 5.60 Å². The van der Waals surface area contributed by atoms with E-state index < -0.39 is 27.9 Å². The fourth-order valence-corrected chi connectivity index (χ4v) is 4.40. The van der Waals surface area contributed by atoms with Crippen LogP contribution in [0.15, 0.2) is 24.3 Å². The quantitative estimate of drug-likeness (QED) is 0.784. The highest BCUT2D eigenvalue weighted by Gasteiger charge is 2.40. The molecule has 0 saturated carbocycles. The summed E-state index contributed by atoms with van der Waals surface area (Å²) in [6.07, 6.45) is 1.04. The van der Waals surface area contributed by atoms with Gasteiger partial charge in [0.15, 0.2) is 0 Å². The van der Waals surface area contributed by atoms with Crippen molar-refractivity contribution in [3.63, 3.8) is 0 Å². The summed E-state index contributed by atoms with van der Waals surface area (Å²) >= 11 is 0. The van der Waals surface area contributed by atoms with Crippen molar-refractivity contribution in [2.45, 2.75) is 58.3 Å². The zero-order valence-electron chi connectivity index (χ0n) is 17.0. The largest absolute Gasteiger partial charge is 0.444 e. The van der Waals surface area contributed by atoms with Crippen LogP contribution in [0.2, 0.25) is 0 Å². The van der Waals surface area contributed by atoms with Crippen molar-refractivity contribution in [3.05, 3.63) is 35.5 Å². The molecule has 0 unspecified atom stereocenters. The third-order valence-electron chi connectivity index (χ3n) is 4.78. The van der Waals surface area contributed by atoms with E-state index in [4.69, 9.17) is 8.92 Å². The first kappa shape index (κ1) is 20.7. The molecule has 1 fully saturated rings. The summed E-state index contributed by atoms with van der Waals surface area (Å²) in [4.78, 5) is 17.7. The molecule has 0 aliphatic carbocycles. The number of nitrogens with zero attached hydrogens (tertiary/aromatic N) is 1. The van der Waals surface area contributed by atoms with Crippen LogP contribution in [-0.4, -0.2) is 54.9 Å². The molecule has 3 rings (SSSR count). The lowest BCUT2D eigenvalue weighted by molar-refractivity contribution is 0.0213. The van der Waals surface area contributed by atoms with E-state index in [2.05, 4.69) is 4.98 Å². The molecule has 0 bridgehead atoms. The van der Waals surface area contributed by atoms with Crippen LogP contribution in [0.5, 0.6) is 0 Å². The number of likely N-dealkylation sites (tertiary alicyclic amines) is 1. The summed E-state index contributed by atoms with van der Waals surface area (Å²) in [5.74, 6) is 0. The van der Waals surface area contributed by atoms with Gasteiger partial charge >= 0.3 is 6.09 Å². The second-order valence-electron chi connectivity index (χ2n) is 8.42. The first-order valence-electron chi connectivity index (χ1n) is 9.37. The number of para-hydroxylation sites is 1. The monoisotopic (exact) mass is 408 g/mol. The third kappa shape index (κ3) is 4.86. The van der Waals surface area contributed by atoms with Gasteiger partial charge in [-0.1, -0.05) is 18.2 Å². The van der Waals surface area contributed by atoms with Crippen molar-refractivity contribution < 1.29 is 22.1 Å². The van der Waals surface area contributed by atoms with Crippen LogP contribution in [0.4, 0.5) is 4.79 Å². The summed E-state index contributed by atoms with van der Waals surface area (Å²) in [5.41, 5.74) is 2.57. The van der Waals surface area contributed by atoms with Gasteiger partial charge < -0.3 is 14.6 Å². The summed E-state index contributed by atoms with van der Waals surface area (Å²) < 4.78 is 33.9. The van der Waals surface area contributed by atoms with Crippen LogP contribution in [0.1, 0.15) is 38.4 Å². The minimum absolute atomic E-state index is 0.189. The smallest absolute Gasteiger partial charge is 0.410 e. The van der Waals surface area contributed by atoms with E-state index in [0.29, 0.717) is 12.8 Å². The third-order valence-corrected chi connectivity index (χ3v) is 5.40. The second-order valence-corrected chi connectivity index (χ2v) is 10.0. The number of aryl methyl sites for hydroxylation is 1. The van der Waals surface area contributed by atoms with Gasteiger partial charge in [0.05, 0.1) is 18.9 Å². The molecule has 154 valence electrons. The highest BCUT2D eigenvalue weighted by atomic mass is 32.2. The van der Waals surface area contributed by atoms with Crippen LogP contribution in [0.3, 0.4) is 0 Å². The number of carbonyl (C=O) groups is 1. The fraction of sp³-hybridized carbons (Fsp3) is 0.550. The number of H-pyrrole nitrogens is 1. The minimum Gasteiger partial charge on any atom is -0.444 e. The van der Waals surface area contributed by atoms with E-state index >= 15 is 0 Å². The van der Waals surface area contributed by atoms with Gasteiger partial charge in [-0.15, -0.1) is 0 Å². The number of amides is 1. The molecule has 1 aromatic carbocycles. The summed E-state index contributed by atoms with van der Waals surface area (Å²) in [5, 5.41) is 1.11. The molecular formula is C20H28N2O5S. The van der Waals surface area contributed by atoms with Gasteiger partial charge in [-0.25, -0.2) is 4.79 Å². The fourth-order valence-electron chi connectivity index (χ4n) is 3.76. The molecule has 1 aliphatic rings. The Labute approximate surface area is 166 Å². The molecule has 1 aromatic heterocycles. The minimum atomic E-state index is -3.61. The first-order valence-corrected chi connectivity index (χ1v) is 11.2.